The van der Waals surface area contributed by atoms with Crippen LogP contribution in [0, 0.1) is 0 Å². The highest BCUT2D eigenvalue weighted by atomic mass is 16.5. The van der Waals surface area contributed by atoms with Crippen molar-refractivity contribution in [2.45, 2.75) is 25.8 Å². The number of nitrogens with one attached hydrogen (secondary N) is 1. The molecular formula is C18H22N2O3. The number of aryl methyl sites for hydroxylation is 1. The van der Waals surface area contributed by atoms with E-state index in [9.17, 15) is 4.79 Å². The summed E-state index contributed by atoms with van der Waals surface area (Å²) >= 11 is 0. The number of amides is 1. The molecular weight excluding hydrogens is 292 g/mol. The molecule has 2 rings (SSSR count). The summed E-state index contributed by atoms with van der Waals surface area (Å²) in [4.78, 5) is 16.1. The summed E-state index contributed by atoms with van der Waals surface area (Å²) in [6, 6.07) is 9.42. The quantitative estimate of drug-likeness (QED) is 0.853. The molecule has 5 nitrogen and oxygen atoms in total. The van der Waals surface area contributed by atoms with Crippen LogP contribution >= 0.6 is 0 Å². The Labute approximate surface area is 136 Å². The lowest BCUT2D eigenvalue weighted by Crippen LogP contribution is -2.26. The molecule has 1 atom stereocenters. The van der Waals surface area contributed by atoms with Crippen molar-refractivity contribution in [3.05, 3.63) is 53.9 Å². The maximum atomic E-state index is 12.1. The molecule has 1 heterocycles. The highest BCUT2D eigenvalue weighted by Gasteiger charge is 2.10. The fraction of sp³-hybridized carbons (Fsp3) is 0.333. The first-order chi connectivity index (χ1) is 11.1. The van der Waals surface area contributed by atoms with Gasteiger partial charge in [0, 0.05) is 24.9 Å². The van der Waals surface area contributed by atoms with Crippen LogP contribution in [0.5, 0.6) is 11.5 Å². The molecule has 0 fully saturated rings. The molecule has 1 amide bonds. The van der Waals surface area contributed by atoms with Crippen LogP contribution < -0.4 is 14.8 Å². The highest BCUT2D eigenvalue weighted by molar-refractivity contribution is 5.76. The van der Waals surface area contributed by atoms with Crippen LogP contribution in [0.25, 0.3) is 0 Å². The van der Waals surface area contributed by atoms with E-state index in [0.717, 1.165) is 22.6 Å². The molecule has 0 radical (unpaired) electrons. The average Bonchev–Trinajstić information content (AvgIpc) is 2.60. The van der Waals surface area contributed by atoms with E-state index in [2.05, 4.69) is 10.3 Å². The normalized spacial score (nSPS) is 11.6. The van der Waals surface area contributed by atoms with Crippen LogP contribution in [0.15, 0.2) is 42.7 Å². The number of rotatable bonds is 7. The zero-order valence-electron chi connectivity index (χ0n) is 13.7. The molecule has 0 saturated heterocycles. The van der Waals surface area contributed by atoms with Gasteiger partial charge in [-0.2, -0.15) is 0 Å². The van der Waals surface area contributed by atoms with Gasteiger partial charge in [-0.1, -0.05) is 0 Å². The minimum Gasteiger partial charge on any atom is -0.497 e. The highest BCUT2D eigenvalue weighted by Crippen LogP contribution is 2.23. The van der Waals surface area contributed by atoms with Gasteiger partial charge in [0.25, 0.3) is 0 Å². The Morgan fingerprint density at radius 1 is 1.13 bits per heavy atom. The first-order valence-electron chi connectivity index (χ1n) is 7.53. The smallest absolute Gasteiger partial charge is 0.220 e. The summed E-state index contributed by atoms with van der Waals surface area (Å²) in [6.45, 7) is 1.96. The van der Waals surface area contributed by atoms with Gasteiger partial charge >= 0.3 is 0 Å². The standard InChI is InChI=1S/C18H22N2O3/c1-13(15-6-8-19-9-7-15)20-18(21)5-4-14-10-16(22-2)12-17(11-14)23-3/h6-13H,4-5H2,1-3H3,(H,20,21)/t13-/m1/s1. The lowest BCUT2D eigenvalue weighted by atomic mass is 10.1. The van der Waals surface area contributed by atoms with Crippen molar-refractivity contribution in [3.8, 4) is 11.5 Å². The number of benzene rings is 1. The average molecular weight is 314 g/mol. The second-order valence-electron chi connectivity index (χ2n) is 5.29. The number of hydrogen-bond acceptors (Lipinski definition) is 4. The molecule has 0 aliphatic heterocycles. The Morgan fingerprint density at radius 2 is 1.74 bits per heavy atom. The minimum atomic E-state index is -0.0367. The van der Waals surface area contributed by atoms with E-state index in [1.807, 2.05) is 37.3 Å². The van der Waals surface area contributed by atoms with Crippen molar-refractivity contribution >= 4 is 5.91 Å². The first kappa shape index (κ1) is 16.8. The Balaban J connectivity index is 1.91. The van der Waals surface area contributed by atoms with Crippen molar-refractivity contribution in [2.75, 3.05) is 14.2 Å². The molecule has 0 aliphatic carbocycles. The van der Waals surface area contributed by atoms with Crippen LogP contribution in [0.3, 0.4) is 0 Å². The number of carbonyl (C=O) groups is 1. The van der Waals surface area contributed by atoms with Gasteiger partial charge < -0.3 is 14.8 Å². The second kappa shape index (κ2) is 8.17. The monoisotopic (exact) mass is 314 g/mol. The molecule has 0 aliphatic rings. The summed E-state index contributed by atoms with van der Waals surface area (Å²) in [5, 5.41) is 2.99. The largest absolute Gasteiger partial charge is 0.497 e. The van der Waals surface area contributed by atoms with E-state index in [-0.39, 0.29) is 11.9 Å². The van der Waals surface area contributed by atoms with Gasteiger partial charge in [0.2, 0.25) is 5.91 Å². The van der Waals surface area contributed by atoms with E-state index < -0.39 is 0 Å². The van der Waals surface area contributed by atoms with Crippen LogP contribution in [0.4, 0.5) is 0 Å². The molecule has 23 heavy (non-hydrogen) atoms. The maximum Gasteiger partial charge on any atom is 0.220 e. The zero-order valence-corrected chi connectivity index (χ0v) is 13.7. The number of nitrogens with zero attached hydrogens (tertiary/aromatic N) is 1. The van der Waals surface area contributed by atoms with Crippen molar-refractivity contribution in [3.63, 3.8) is 0 Å². The van der Waals surface area contributed by atoms with E-state index in [4.69, 9.17) is 9.47 Å². The van der Waals surface area contributed by atoms with Gasteiger partial charge in [-0.25, -0.2) is 0 Å². The third-order valence-corrected chi connectivity index (χ3v) is 3.64. The minimum absolute atomic E-state index is 0.0103. The third-order valence-electron chi connectivity index (χ3n) is 3.64. The van der Waals surface area contributed by atoms with E-state index >= 15 is 0 Å². The molecule has 122 valence electrons. The van der Waals surface area contributed by atoms with Gasteiger partial charge in [-0.15, -0.1) is 0 Å². The van der Waals surface area contributed by atoms with E-state index in [0.29, 0.717) is 12.8 Å². The Hall–Kier alpha value is -2.56. The van der Waals surface area contributed by atoms with Crippen LogP contribution in [0.2, 0.25) is 0 Å². The van der Waals surface area contributed by atoms with E-state index in [1.165, 1.54) is 0 Å². The van der Waals surface area contributed by atoms with Crippen molar-refractivity contribution in [1.29, 1.82) is 0 Å². The van der Waals surface area contributed by atoms with Crippen LogP contribution in [0.1, 0.15) is 30.5 Å². The van der Waals surface area contributed by atoms with Gasteiger partial charge in [0.05, 0.1) is 20.3 Å². The number of ether oxygens (including phenoxy) is 2. The molecule has 0 bridgehead atoms. The van der Waals surface area contributed by atoms with Gasteiger partial charge in [0.1, 0.15) is 11.5 Å². The lowest BCUT2D eigenvalue weighted by Gasteiger charge is -2.14. The predicted octanol–water partition coefficient (Wildman–Crippen LogP) is 2.91. The Morgan fingerprint density at radius 3 is 2.30 bits per heavy atom. The topological polar surface area (TPSA) is 60.5 Å². The molecule has 1 aromatic heterocycles. The van der Waals surface area contributed by atoms with Gasteiger partial charge in [0.15, 0.2) is 0 Å². The lowest BCUT2D eigenvalue weighted by molar-refractivity contribution is -0.121. The molecule has 5 heteroatoms. The summed E-state index contributed by atoms with van der Waals surface area (Å²) in [5.74, 6) is 1.46. The van der Waals surface area contributed by atoms with Crippen LogP contribution in [-0.2, 0) is 11.2 Å². The SMILES string of the molecule is COc1cc(CCC(=O)N[C@H](C)c2ccncc2)cc(OC)c1. The molecule has 0 saturated carbocycles. The maximum absolute atomic E-state index is 12.1. The molecule has 1 aromatic carbocycles. The molecule has 0 spiro atoms. The number of methoxy groups -OCH3 is 2. The van der Waals surface area contributed by atoms with Gasteiger partial charge in [-0.05, 0) is 48.7 Å². The number of carbonyl (C=O) groups excluding carboxylic acids is 1. The Kier molecular flexibility index (Phi) is 5.97. The molecule has 2 aromatic rings. The molecule has 0 unspecified atom stereocenters. The second-order valence-corrected chi connectivity index (χ2v) is 5.29. The van der Waals surface area contributed by atoms with E-state index in [1.54, 1.807) is 26.6 Å². The summed E-state index contributed by atoms with van der Waals surface area (Å²) < 4.78 is 10.5. The zero-order chi connectivity index (χ0) is 16.7. The summed E-state index contributed by atoms with van der Waals surface area (Å²) in [7, 11) is 3.23. The van der Waals surface area contributed by atoms with Crippen LogP contribution in [-0.4, -0.2) is 25.1 Å². The summed E-state index contributed by atoms with van der Waals surface area (Å²) in [5.41, 5.74) is 2.05. The van der Waals surface area contributed by atoms with Crippen molar-refractivity contribution in [1.82, 2.24) is 10.3 Å². The molecule has 1 N–H and O–H groups in total. The van der Waals surface area contributed by atoms with Gasteiger partial charge in [-0.3, -0.25) is 9.78 Å². The first-order valence-corrected chi connectivity index (χ1v) is 7.53. The summed E-state index contributed by atoms with van der Waals surface area (Å²) in [6.07, 6.45) is 4.48. The van der Waals surface area contributed by atoms with Crippen molar-refractivity contribution in [2.24, 2.45) is 0 Å². The third kappa shape index (κ3) is 4.98. The number of aromatic nitrogens is 1. The predicted molar refractivity (Wildman–Crippen MR) is 88.7 cm³/mol. The van der Waals surface area contributed by atoms with Crippen molar-refractivity contribution < 1.29 is 14.3 Å². The fourth-order valence-corrected chi connectivity index (χ4v) is 2.32. The number of pyridine rings is 1. The Bertz CT molecular complexity index is 622. The fourth-order valence-electron chi connectivity index (χ4n) is 2.32. The number of hydrogen-bond donors (Lipinski definition) is 1.